The fourth-order valence-electron chi connectivity index (χ4n) is 3.51. The van der Waals surface area contributed by atoms with Gasteiger partial charge in [-0.1, -0.05) is 51.5 Å². The van der Waals surface area contributed by atoms with E-state index in [-0.39, 0.29) is 5.91 Å². The van der Waals surface area contributed by atoms with Crippen LogP contribution in [0.5, 0.6) is 0 Å². The Morgan fingerprint density at radius 1 is 1.23 bits per heavy atom. The quantitative estimate of drug-likeness (QED) is 0.655. The van der Waals surface area contributed by atoms with Gasteiger partial charge in [0, 0.05) is 11.0 Å². The zero-order chi connectivity index (χ0) is 18.1. The molecule has 0 atom stereocenters. The van der Waals surface area contributed by atoms with Crippen LogP contribution in [0.15, 0.2) is 53.1 Å². The highest BCUT2D eigenvalue weighted by atomic mass is 79.9. The Balaban J connectivity index is 1.60. The summed E-state index contributed by atoms with van der Waals surface area (Å²) in [7, 11) is 0. The van der Waals surface area contributed by atoms with Gasteiger partial charge in [0.15, 0.2) is 5.69 Å². The van der Waals surface area contributed by atoms with Crippen LogP contribution in [0.3, 0.4) is 0 Å². The van der Waals surface area contributed by atoms with Crippen LogP contribution in [0.4, 0.5) is 5.69 Å². The lowest BCUT2D eigenvalue weighted by molar-refractivity contribution is 0.0980. The number of halogens is 1. The molecule has 1 aromatic heterocycles. The molecule has 5 nitrogen and oxygen atoms in total. The molecule has 3 aromatic rings. The van der Waals surface area contributed by atoms with Crippen LogP contribution in [0, 0.1) is 6.92 Å². The molecule has 1 aliphatic rings. The van der Waals surface area contributed by atoms with Crippen LogP contribution in [-0.4, -0.2) is 27.4 Å². The third-order valence-electron chi connectivity index (χ3n) is 4.63. The van der Waals surface area contributed by atoms with Crippen LogP contribution >= 0.6 is 15.9 Å². The average Bonchev–Trinajstić information content (AvgIpc) is 3.09. The number of amides is 1. The maximum atomic E-state index is 13.1. The normalized spacial score (nSPS) is 13.5. The second kappa shape index (κ2) is 7.03. The number of rotatable bonds is 3. The van der Waals surface area contributed by atoms with E-state index < -0.39 is 0 Å². The molecule has 1 aliphatic heterocycles. The third kappa shape index (κ3) is 3.29. The number of aromatic nitrogens is 3. The summed E-state index contributed by atoms with van der Waals surface area (Å²) in [5.41, 5.74) is 4.82. The molecule has 6 heteroatoms. The van der Waals surface area contributed by atoms with Crippen molar-refractivity contribution in [2.75, 3.05) is 11.4 Å². The van der Waals surface area contributed by atoms with Crippen molar-refractivity contribution >= 4 is 27.5 Å². The van der Waals surface area contributed by atoms with Crippen molar-refractivity contribution in [3.05, 3.63) is 75.5 Å². The minimum absolute atomic E-state index is 0.0873. The molecule has 1 amide bonds. The van der Waals surface area contributed by atoms with Gasteiger partial charge in [-0.15, -0.1) is 5.10 Å². The van der Waals surface area contributed by atoms with E-state index in [2.05, 4.69) is 38.4 Å². The van der Waals surface area contributed by atoms with Gasteiger partial charge >= 0.3 is 0 Å². The minimum Gasteiger partial charge on any atom is -0.306 e. The fraction of sp³-hybridized carbons (Fsp3) is 0.250. The van der Waals surface area contributed by atoms with E-state index in [9.17, 15) is 4.79 Å². The molecule has 0 spiro atoms. The largest absolute Gasteiger partial charge is 0.306 e. The highest BCUT2D eigenvalue weighted by Gasteiger charge is 2.27. The van der Waals surface area contributed by atoms with Crippen molar-refractivity contribution in [2.24, 2.45) is 0 Å². The van der Waals surface area contributed by atoms with Crippen molar-refractivity contribution in [1.82, 2.24) is 15.0 Å². The molecule has 0 N–H and O–H groups in total. The first-order valence-electron chi connectivity index (χ1n) is 8.67. The summed E-state index contributed by atoms with van der Waals surface area (Å²) >= 11 is 3.55. The summed E-state index contributed by atoms with van der Waals surface area (Å²) in [5, 5.41) is 8.25. The van der Waals surface area contributed by atoms with Gasteiger partial charge in [0.25, 0.3) is 5.91 Å². The number of fused-ring (bicyclic) bond motifs is 1. The minimum atomic E-state index is -0.0873. The Kier molecular flexibility index (Phi) is 4.59. The summed E-state index contributed by atoms with van der Waals surface area (Å²) in [5.74, 6) is -0.0873. The Bertz CT molecular complexity index is 952. The Hall–Kier alpha value is -2.47. The Labute approximate surface area is 160 Å². The van der Waals surface area contributed by atoms with Gasteiger partial charge in [0.05, 0.1) is 18.4 Å². The first-order valence-corrected chi connectivity index (χ1v) is 9.46. The maximum Gasteiger partial charge on any atom is 0.280 e. The standard InChI is InChI=1S/C20H19BrN4O/c1-14-10-17(21)11-16-8-5-9-25(19(14)16)20(26)18-13-24(23-22-18)12-15-6-3-2-4-7-15/h2-4,6-7,10-11,13H,5,8-9,12H2,1H3. The Morgan fingerprint density at radius 2 is 2.04 bits per heavy atom. The lowest BCUT2D eigenvalue weighted by Gasteiger charge is -2.30. The van der Waals surface area contributed by atoms with E-state index in [1.165, 1.54) is 5.56 Å². The average molecular weight is 411 g/mol. The van der Waals surface area contributed by atoms with Crippen LogP contribution in [0.2, 0.25) is 0 Å². The maximum absolute atomic E-state index is 13.1. The summed E-state index contributed by atoms with van der Waals surface area (Å²) in [6.45, 7) is 3.35. The number of benzene rings is 2. The number of anilines is 1. The Morgan fingerprint density at radius 3 is 2.85 bits per heavy atom. The molecule has 4 rings (SSSR count). The number of hydrogen-bond acceptors (Lipinski definition) is 3. The summed E-state index contributed by atoms with van der Waals surface area (Å²) < 4.78 is 2.76. The second-order valence-electron chi connectivity index (χ2n) is 6.58. The van der Waals surface area contributed by atoms with E-state index in [0.717, 1.165) is 34.1 Å². The smallest absolute Gasteiger partial charge is 0.280 e. The summed E-state index contributed by atoms with van der Waals surface area (Å²) in [6.07, 6.45) is 3.67. The number of carbonyl (C=O) groups excluding carboxylic acids is 1. The number of carbonyl (C=O) groups is 1. The first kappa shape index (κ1) is 17.0. The molecule has 0 unspecified atom stereocenters. The SMILES string of the molecule is Cc1cc(Br)cc2c1N(C(=O)c1cn(Cc3ccccc3)nn1)CCC2. The molecule has 0 fully saturated rings. The van der Waals surface area contributed by atoms with E-state index >= 15 is 0 Å². The fourth-order valence-corrected chi connectivity index (χ4v) is 4.13. The van der Waals surface area contributed by atoms with Crippen molar-refractivity contribution in [1.29, 1.82) is 0 Å². The van der Waals surface area contributed by atoms with Gasteiger partial charge in [-0.05, 0) is 48.6 Å². The molecule has 2 aromatic carbocycles. The van der Waals surface area contributed by atoms with E-state index in [1.807, 2.05) is 42.2 Å². The van der Waals surface area contributed by atoms with Crippen molar-refractivity contribution in [3.63, 3.8) is 0 Å². The van der Waals surface area contributed by atoms with Gasteiger partial charge in [0.1, 0.15) is 0 Å². The number of hydrogen-bond donors (Lipinski definition) is 0. The van der Waals surface area contributed by atoms with Gasteiger partial charge < -0.3 is 4.90 Å². The zero-order valence-corrected chi connectivity index (χ0v) is 16.1. The molecule has 0 saturated carbocycles. The third-order valence-corrected chi connectivity index (χ3v) is 5.09. The van der Waals surface area contributed by atoms with Crippen LogP contribution in [0.25, 0.3) is 0 Å². The zero-order valence-electron chi connectivity index (χ0n) is 14.5. The van der Waals surface area contributed by atoms with E-state index in [0.29, 0.717) is 18.8 Å². The molecule has 0 aliphatic carbocycles. The van der Waals surface area contributed by atoms with Gasteiger partial charge in [-0.3, -0.25) is 4.79 Å². The van der Waals surface area contributed by atoms with Gasteiger partial charge in [0.2, 0.25) is 0 Å². The topological polar surface area (TPSA) is 51.0 Å². The van der Waals surface area contributed by atoms with Crippen LogP contribution in [0.1, 0.15) is 33.6 Å². The van der Waals surface area contributed by atoms with Gasteiger partial charge in [-0.2, -0.15) is 0 Å². The molecule has 0 saturated heterocycles. The van der Waals surface area contributed by atoms with Gasteiger partial charge in [-0.25, -0.2) is 4.68 Å². The monoisotopic (exact) mass is 410 g/mol. The number of nitrogens with zero attached hydrogens (tertiary/aromatic N) is 4. The number of aryl methyl sites for hydroxylation is 2. The molecular formula is C20H19BrN4O. The van der Waals surface area contributed by atoms with Crippen molar-refractivity contribution in [3.8, 4) is 0 Å². The van der Waals surface area contributed by atoms with Crippen molar-refractivity contribution < 1.29 is 4.79 Å². The van der Waals surface area contributed by atoms with E-state index in [4.69, 9.17) is 0 Å². The van der Waals surface area contributed by atoms with E-state index in [1.54, 1.807) is 10.9 Å². The molecule has 0 bridgehead atoms. The van der Waals surface area contributed by atoms with Crippen LogP contribution < -0.4 is 4.90 Å². The highest BCUT2D eigenvalue weighted by Crippen LogP contribution is 2.34. The van der Waals surface area contributed by atoms with Crippen molar-refractivity contribution in [2.45, 2.75) is 26.3 Å². The molecule has 132 valence electrons. The lowest BCUT2D eigenvalue weighted by Crippen LogP contribution is -2.36. The summed E-state index contributed by atoms with van der Waals surface area (Å²) in [6, 6.07) is 14.2. The predicted molar refractivity (Wildman–Crippen MR) is 104 cm³/mol. The summed E-state index contributed by atoms with van der Waals surface area (Å²) in [4.78, 5) is 14.9. The molecule has 26 heavy (non-hydrogen) atoms. The molecule has 0 radical (unpaired) electrons. The second-order valence-corrected chi connectivity index (χ2v) is 7.49. The first-order chi connectivity index (χ1) is 12.6. The van der Waals surface area contributed by atoms with Crippen LogP contribution in [-0.2, 0) is 13.0 Å². The molecular weight excluding hydrogens is 392 g/mol. The predicted octanol–water partition coefficient (Wildman–Crippen LogP) is 3.99. The molecule has 2 heterocycles. The highest BCUT2D eigenvalue weighted by molar-refractivity contribution is 9.10. The lowest BCUT2D eigenvalue weighted by atomic mass is 9.98.